The van der Waals surface area contributed by atoms with Gasteiger partial charge in [-0.15, -0.1) is 0 Å². The molecule has 0 saturated carbocycles. The molecule has 120 valence electrons. The smallest absolute Gasteiger partial charge is 0.326 e. The minimum Gasteiger partial charge on any atom is -0.481 e. The van der Waals surface area contributed by atoms with Crippen LogP contribution in [-0.2, 0) is 9.59 Å². The van der Waals surface area contributed by atoms with E-state index in [0.29, 0.717) is 11.3 Å². The number of aliphatic carboxylic acids is 1. The second kappa shape index (κ2) is 7.59. The van der Waals surface area contributed by atoms with Crippen molar-refractivity contribution in [1.29, 1.82) is 0 Å². The predicted molar refractivity (Wildman–Crippen MR) is 80.9 cm³/mol. The summed E-state index contributed by atoms with van der Waals surface area (Å²) < 4.78 is 5.47. The van der Waals surface area contributed by atoms with E-state index in [0.717, 1.165) is 0 Å². The molecule has 6 nitrogen and oxygen atoms in total. The Morgan fingerprint density at radius 3 is 2.32 bits per heavy atom. The highest BCUT2D eigenvalue weighted by Crippen LogP contribution is 2.15. The molecule has 0 aromatic heterocycles. The molecular formula is C16H21NO5. The lowest BCUT2D eigenvalue weighted by atomic mass is 10.0. The first-order valence-corrected chi connectivity index (χ1v) is 7.03. The summed E-state index contributed by atoms with van der Waals surface area (Å²) in [6.45, 7) is 6.38. The fourth-order valence-electron chi connectivity index (χ4n) is 1.83. The van der Waals surface area contributed by atoms with E-state index in [1.54, 1.807) is 38.1 Å². The van der Waals surface area contributed by atoms with Crippen molar-refractivity contribution in [2.45, 2.75) is 39.8 Å². The normalized spacial score (nSPS) is 13.3. The van der Waals surface area contributed by atoms with Gasteiger partial charge < -0.3 is 15.2 Å². The molecule has 0 aliphatic heterocycles. The van der Waals surface area contributed by atoms with Gasteiger partial charge in [-0.25, -0.2) is 4.79 Å². The molecule has 0 heterocycles. The third-order valence-corrected chi connectivity index (χ3v) is 3.15. The number of carboxylic acid groups (broad SMARTS) is 1. The number of ketones is 1. The Labute approximate surface area is 129 Å². The number of hydrogen-bond acceptors (Lipinski definition) is 4. The Hall–Kier alpha value is -2.37. The standard InChI is InChI=1S/C16H21NO5/c1-9(2)14(16(20)21)17-15(19)11(4)22-13-7-5-6-12(8-13)10(3)18/h5-9,11,14H,1-4H3,(H,17,19)(H,20,21)/t11?,14-/m0/s1. The van der Waals surface area contributed by atoms with Gasteiger partial charge in [-0.1, -0.05) is 26.0 Å². The molecule has 0 aliphatic carbocycles. The SMILES string of the molecule is CC(=O)c1cccc(OC(C)C(=O)N[C@H](C(=O)O)C(C)C)c1. The first-order chi connectivity index (χ1) is 10.2. The third kappa shape index (κ3) is 4.87. The van der Waals surface area contributed by atoms with E-state index >= 15 is 0 Å². The maximum Gasteiger partial charge on any atom is 0.326 e. The van der Waals surface area contributed by atoms with E-state index in [9.17, 15) is 14.4 Å². The average molecular weight is 307 g/mol. The summed E-state index contributed by atoms with van der Waals surface area (Å²) >= 11 is 0. The molecule has 0 saturated heterocycles. The van der Waals surface area contributed by atoms with Crippen LogP contribution in [0.5, 0.6) is 5.75 Å². The molecule has 0 aliphatic rings. The van der Waals surface area contributed by atoms with Crippen LogP contribution in [0, 0.1) is 5.92 Å². The van der Waals surface area contributed by atoms with E-state index in [-0.39, 0.29) is 11.7 Å². The van der Waals surface area contributed by atoms with Crippen LogP contribution in [0.25, 0.3) is 0 Å². The Kier molecular flexibility index (Phi) is 6.10. The molecule has 22 heavy (non-hydrogen) atoms. The van der Waals surface area contributed by atoms with Crippen LogP contribution >= 0.6 is 0 Å². The summed E-state index contributed by atoms with van der Waals surface area (Å²) in [4.78, 5) is 34.4. The zero-order valence-corrected chi connectivity index (χ0v) is 13.1. The topological polar surface area (TPSA) is 92.7 Å². The van der Waals surface area contributed by atoms with Gasteiger partial charge in [0, 0.05) is 5.56 Å². The number of carbonyl (C=O) groups excluding carboxylic acids is 2. The maximum atomic E-state index is 12.0. The van der Waals surface area contributed by atoms with E-state index in [1.165, 1.54) is 13.8 Å². The van der Waals surface area contributed by atoms with Gasteiger partial charge in [0.25, 0.3) is 5.91 Å². The van der Waals surface area contributed by atoms with Gasteiger partial charge in [0.15, 0.2) is 11.9 Å². The van der Waals surface area contributed by atoms with Crippen molar-refractivity contribution in [3.63, 3.8) is 0 Å². The zero-order chi connectivity index (χ0) is 16.9. The van der Waals surface area contributed by atoms with Gasteiger partial charge in [-0.2, -0.15) is 0 Å². The van der Waals surface area contributed by atoms with Crippen LogP contribution in [0.2, 0.25) is 0 Å². The Morgan fingerprint density at radius 1 is 1.18 bits per heavy atom. The van der Waals surface area contributed by atoms with Gasteiger partial charge in [0.2, 0.25) is 0 Å². The van der Waals surface area contributed by atoms with Crippen molar-refractivity contribution in [3.8, 4) is 5.75 Å². The number of rotatable bonds is 7. The molecule has 1 aromatic rings. The number of carbonyl (C=O) groups is 3. The number of benzene rings is 1. The Bertz CT molecular complexity index is 567. The van der Waals surface area contributed by atoms with Gasteiger partial charge in [-0.05, 0) is 31.9 Å². The van der Waals surface area contributed by atoms with Gasteiger partial charge in [0.1, 0.15) is 11.8 Å². The van der Waals surface area contributed by atoms with Crippen molar-refractivity contribution < 1.29 is 24.2 Å². The minimum atomic E-state index is -1.09. The third-order valence-electron chi connectivity index (χ3n) is 3.15. The average Bonchev–Trinajstić information content (AvgIpc) is 2.43. The lowest BCUT2D eigenvalue weighted by Gasteiger charge is -2.21. The molecule has 0 bridgehead atoms. The van der Waals surface area contributed by atoms with Gasteiger partial charge >= 0.3 is 5.97 Å². The molecule has 1 rings (SSSR count). The van der Waals surface area contributed by atoms with Crippen LogP contribution in [0.15, 0.2) is 24.3 Å². The van der Waals surface area contributed by atoms with Crippen LogP contribution in [-0.4, -0.2) is 34.9 Å². The highest BCUT2D eigenvalue weighted by molar-refractivity contribution is 5.94. The van der Waals surface area contributed by atoms with Crippen LogP contribution in [0.3, 0.4) is 0 Å². The second-order valence-corrected chi connectivity index (χ2v) is 5.41. The lowest BCUT2D eigenvalue weighted by molar-refractivity contribution is -0.144. The molecule has 2 N–H and O–H groups in total. The van der Waals surface area contributed by atoms with Crippen molar-refractivity contribution in [3.05, 3.63) is 29.8 Å². The van der Waals surface area contributed by atoms with Crippen molar-refractivity contribution >= 4 is 17.7 Å². The summed E-state index contributed by atoms with van der Waals surface area (Å²) in [5.41, 5.74) is 0.482. The van der Waals surface area contributed by atoms with Crippen molar-refractivity contribution in [2.24, 2.45) is 5.92 Å². The van der Waals surface area contributed by atoms with Crippen molar-refractivity contribution in [2.75, 3.05) is 0 Å². The van der Waals surface area contributed by atoms with E-state index in [1.807, 2.05) is 0 Å². The second-order valence-electron chi connectivity index (χ2n) is 5.41. The molecular weight excluding hydrogens is 286 g/mol. The number of hydrogen-bond donors (Lipinski definition) is 2. The number of carboxylic acids is 1. The molecule has 0 fully saturated rings. The summed E-state index contributed by atoms with van der Waals surface area (Å²) in [5, 5.41) is 11.5. The lowest BCUT2D eigenvalue weighted by Crippen LogP contribution is -2.48. The zero-order valence-electron chi connectivity index (χ0n) is 13.1. The highest BCUT2D eigenvalue weighted by Gasteiger charge is 2.26. The summed E-state index contributed by atoms with van der Waals surface area (Å²) in [7, 11) is 0. The van der Waals surface area contributed by atoms with E-state index in [2.05, 4.69) is 5.32 Å². The molecule has 6 heteroatoms. The Morgan fingerprint density at radius 2 is 1.82 bits per heavy atom. The molecule has 1 aromatic carbocycles. The maximum absolute atomic E-state index is 12.0. The van der Waals surface area contributed by atoms with Gasteiger partial charge in [0.05, 0.1) is 0 Å². The molecule has 2 atom stereocenters. The van der Waals surface area contributed by atoms with E-state index < -0.39 is 24.0 Å². The first-order valence-electron chi connectivity index (χ1n) is 7.03. The number of amides is 1. The minimum absolute atomic E-state index is 0.103. The molecule has 0 spiro atoms. The Balaban J connectivity index is 2.73. The molecule has 0 radical (unpaired) electrons. The fourth-order valence-corrected chi connectivity index (χ4v) is 1.83. The number of ether oxygens (including phenoxy) is 1. The summed E-state index contributed by atoms with van der Waals surface area (Å²) in [5.74, 6) is -1.57. The molecule has 1 amide bonds. The quantitative estimate of drug-likeness (QED) is 0.750. The fraction of sp³-hybridized carbons (Fsp3) is 0.438. The van der Waals surface area contributed by atoms with Gasteiger partial charge in [-0.3, -0.25) is 9.59 Å². The predicted octanol–water partition coefficient (Wildman–Crippen LogP) is 1.88. The number of nitrogens with one attached hydrogen (secondary N) is 1. The van der Waals surface area contributed by atoms with Crippen LogP contribution in [0.1, 0.15) is 38.1 Å². The largest absolute Gasteiger partial charge is 0.481 e. The highest BCUT2D eigenvalue weighted by atomic mass is 16.5. The summed E-state index contributed by atoms with van der Waals surface area (Å²) in [6.07, 6.45) is -0.872. The van der Waals surface area contributed by atoms with Crippen molar-refractivity contribution in [1.82, 2.24) is 5.32 Å². The number of Topliss-reactive ketones (excluding diaryl/α,β-unsaturated/α-hetero) is 1. The summed E-state index contributed by atoms with van der Waals surface area (Å²) in [6, 6.07) is 5.52. The van der Waals surface area contributed by atoms with Crippen LogP contribution in [0.4, 0.5) is 0 Å². The van der Waals surface area contributed by atoms with Crippen LogP contribution < -0.4 is 10.1 Å². The van der Waals surface area contributed by atoms with E-state index in [4.69, 9.17) is 9.84 Å². The monoisotopic (exact) mass is 307 g/mol. The molecule has 1 unspecified atom stereocenters. The first kappa shape index (κ1) is 17.7.